The van der Waals surface area contributed by atoms with E-state index in [0.717, 1.165) is 16.4 Å². The molecule has 0 spiro atoms. The van der Waals surface area contributed by atoms with Crippen molar-refractivity contribution in [2.75, 3.05) is 25.1 Å². The van der Waals surface area contributed by atoms with Gasteiger partial charge in [-0.25, -0.2) is 0 Å². The van der Waals surface area contributed by atoms with Crippen molar-refractivity contribution in [1.82, 2.24) is 5.32 Å². The summed E-state index contributed by atoms with van der Waals surface area (Å²) in [4.78, 5) is 26.7. The Labute approximate surface area is 156 Å². The minimum Gasteiger partial charge on any atom is -0.495 e. The van der Waals surface area contributed by atoms with Crippen LogP contribution in [0.25, 0.3) is 21.9 Å². The number of carbonyl (C=O) groups is 2. The SMILES string of the molecule is C=CCNC(=O)[C@@H]1CCN(c2cc3oc4ccccc4c3cc2OC)C1=O. The second-order valence-corrected chi connectivity index (χ2v) is 6.48. The van der Waals surface area contributed by atoms with Gasteiger partial charge in [-0.1, -0.05) is 24.3 Å². The molecule has 1 atom stereocenters. The van der Waals surface area contributed by atoms with E-state index in [-0.39, 0.29) is 11.8 Å². The van der Waals surface area contributed by atoms with Crippen LogP contribution < -0.4 is 15.0 Å². The summed E-state index contributed by atoms with van der Waals surface area (Å²) in [6, 6.07) is 11.5. The van der Waals surface area contributed by atoms with Gasteiger partial charge in [-0.3, -0.25) is 9.59 Å². The Bertz CT molecular complexity index is 1050. The normalized spacial score (nSPS) is 16.9. The lowest BCUT2D eigenvalue weighted by Crippen LogP contribution is -2.37. The summed E-state index contributed by atoms with van der Waals surface area (Å²) in [6.07, 6.45) is 2.05. The monoisotopic (exact) mass is 364 g/mol. The number of fused-ring (bicyclic) bond motifs is 3. The molecular formula is C21H20N2O4. The number of nitrogens with one attached hydrogen (secondary N) is 1. The van der Waals surface area contributed by atoms with Crippen molar-refractivity contribution < 1.29 is 18.7 Å². The van der Waals surface area contributed by atoms with Crippen molar-refractivity contribution in [2.45, 2.75) is 6.42 Å². The van der Waals surface area contributed by atoms with Gasteiger partial charge in [-0.05, 0) is 18.6 Å². The zero-order valence-electron chi connectivity index (χ0n) is 15.0. The number of benzene rings is 2. The average Bonchev–Trinajstić information content (AvgIpc) is 3.24. The largest absolute Gasteiger partial charge is 0.495 e. The first-order valence-corrected chi connectivity index (χ1v) is 8.83. The summed E-state index contributed by atoms with van der Waals surface area (Å²) in [5, 5.41) is 4.62. The van der Waals surface area contributed by atoms with Crippen LogP contribution in [-0.2, 0) is 9.59 Å². The number of rotatable bonds is 5. The van der Waals surface area contributed by atoms with E-state index >= 15 is 0 Å². The van der Waals surface area contributed by atoms with Crippen LogP contribution in [0, 0.1) is 5.92 Å². The van der Waals surface area contributed by atoms with Crippen LogP contribution in [0.4, 0.5) is 5.69 Å². The molecule has 1 saturated heterocycles. The highest BCUT2D eigenvalue weighted by Crippen LogP contribution is 2.40. The maximum Gasteiger partial charge on any atom is 0.239 e. The van der Waals surface area contributed by atoms with Crippen LogP contribution in [0.1, 0.15) is 6.42 Å². The van der Waals surface area contributed by atoms with Crippen LogP contribution in [0.5, 0.6) is 5.75 Å². The van der Waals surface area contributed by atoms with Gasteiger partial charge in [0, 0.05) is 29.9 Å². The molecule has 0 saturated carbocycles. The number of nitrogens with zero attached hydrogens (tertiary/aromatic N) is 1. The molecule has 0 aliphatic carbocycles. The van der Waals surface area contributed by atoms with E-state index < -0.39 is 5.92 Å². The molecule has 3 aromatic rings. The minimum atomic E-state index is -0.693. The van der Waals surface area contributed by atoms with E-state index in [1.165, 1.54) is 0 Å². The molecule has 2 heterocycles. The average molecular weight is 364 g/mol. The Balaban J connectivity index is 1.73. The van der Waals surface area contributed by atoms with Gasteiger partial charge >= 0.3 is 0 Å². The summed E-state index contributed by atoms with van der Waals surface area (Å²) in [5.41, 5.74) is 2.08. The van der Waals surface area contributed by atoms with E-state index in [1.54, 1.807) is 18.1 Å². The zero-order chi connectivity index (χ0) is 19.0. The second-order valence-electron chi connectivity index (χ2n) is 6.48. The van der Waals surface area contributed by atoms with Crippen molar-refractivity contribution in [3.63, 3.8) is 0 Å². The number of amides is 2. The molecule has 1 fully saturated rings. The number of furan rings is 1. The number of carbonyl (C=O) groups excluding carboxylic acids is 2. The third-order valence-electron chi connectivity index (χ3n) is 4.91. The fourth-order valence-corrected chi connectivity index (χ4v) is 3.57. The quantitative estimate of drug-likeness (QED) is 0.557. The number of anilines is 1. The first-order chi connectivity index (χ1) is 13.1. The first-order valence-electron chi connectivity index (χ1n) is 8.83. The van der Waals surface area contributed by atoms with Gasteiger partial charge in [0.05, 0.1) is 12.8 Å². The van der Waals surface area contributed by atoms with E-state index in [1.807, 2.05) is 36.4 Å². The Morgan fingerprint density at radius 2 is 2.15 bits per heavy atom. The fraction of sp³-hybridized carbons (Fsp3) is 0.238. The lowest BCUT2D eigenvalue weighted by atomic mass is 10.1. The molecule has 1 aliphatic heterocycles. The van der Waals surface area contributed by atoms with E-state index in [2.05, 4.69) is 11.9 Å². The Hall–Kier alpha value is -3.28. The number of para-hydroxylation sites is 1. The molecule has 0 unspecified atom stereocenters. The highest BCUT2D eigenvalue weighted by atomic mass is 16.5. The summed E-state index contributed by atoms with van der Waals surface area (Å²) in [6.45, 7) is 4.37. The Morgan fingerprint density at radius 3 is 2.93 bits per heavy atom. The maximum atomic E-state index is 12.8. The Kier molecular flexibility index (Phi) is 4.32. The van der Waals surface area contributed by atoms with E-state index in [0.29, 0.717) is 36.5 Å². The minimum absolute atomic E-state index is 0.231. The van der Waals surface area contributed by atoms with Crippen molar-refractivity contribution in [3.05, 3.63) is 49.1 Å². The fourth-order valence-electron chi connectivity index (χ4n) is 3.57. The van der Waals surface area contributed by atoms with Crippen LogP contribution in [0.3, 0.4) is 0 Å². The summed E-state index contributed by atoms with van der Waals surface area (Å²) >= 11 is 0. The van der Waals surface area contributed by atoms with Crippen LogP contribution in [0.15, 0.2) is 53.5 Å². The highest BCUT2D eigenvalue weighted by Gasteiger charge is 2.38. The maximum absolute atomic E-state index is 12.8. The van der Waals surface area contributed by atoms with Gasteiger partial charge in [0.25, 0.3) is 0 Å². The molecule has 27 heavy (non-hydrogen) atoms. The highest BCUT2D eigenvalue weighted by molar-refractivity contribution is 6.12. The standard InChI is InChI=1S/C21H20N2O4/c1-3-9-22-20(24)14-8-10-23(21(14)25)16-12-18-15(11-19(16)26-2)13-6-4-5-7-17(13)27-18/h3-7,11-12,14H,1,8-10H2,2H3,(H,22,24)/t14-/m0/s1. The van der Waals surface area contributed by atoms with Crippen LogP contribution >= 0.6 is 0 Å². The lowest BCUT2D eigenvalue weighted by molar-refractivity contribution is -0.131. The Morgan fingerprint density at radius 1 is 1.33 bits per heavy atom. The van der Waals surface area contributed by atoms with Crippen molar-refractivity contribution in [3.8, 4) is 5.75 Å². The van der Waals surface area contributed by atoms with E-state index in [4.69, 9.17) is 9.15 Å². The molecule has 2 amide bonds. The van der Waals surface area contributed by atoms with E-state index in [9.17, 15) is 9.59 Å². The van der Waals surface area contributed by atoms with Gasteiger partial charge in [-0.15, -0.1) is 6.58 Å². The third kappa shape index (κ3) is 2.83. The molecule has 6 heteroatoms. The molecular weight excluding hydrogens is 344 g/mol. The predicted octanol–water partition coefficient (Wildman–Crippen LogP) is 3.25. The van der Waals surface area contributed by atoms with Gasteiger partial charge < -0.3 is 19.4 Å². The predicted molar refractivity (Wildman–Crippen MR) is 104 cm³/mol. The molecule has 4 rings (SSSR count). The molecule has 1 N–H and O–H groups in total. The topological polar surface area (TPSA) is 71.8 Å². The molecule has 2 aromatic carbocycles. The number of hydrogen-bond acceptors (Lipinski definition) is 4. The molecule has 0 bridgehead atoms. The number of ether oxygens (including phenoxy) is 1. The zero-order valence-corrected chi connectivity index (χ0v) is 15.0. The van der Waals surface area contributed by atoms with Crippen molar-refractivity contribution in [1.29, 1.82) is 0 Å². The molecule has 1 aliphatic rings. The van der Waals surface area contributed by atoms with Gasteiger partial charge in [0.15, 0.2) is 0 Å². The second kappa shape index (κ2) is 6.79. The number of methoxy groups -OCH3 is 1. The van der Waals surface area contributed by atoms with Gasteiger partial charge in [0.1, 0.15) is 22.8 Å². The van der Waals surface area contributed by atoms with Crippen molar-refractivity contribution >= 4 is 39.4 Å². The molecule has 0 radical (unpaired) electrons. The smallest absolute Gasteiger partial charge is 0.239 e. The molecule has 6 nitrogen and oxygen atoms in total. The van der Waals surface area contributed by atoms with Gasteiger partial charge in [0.2, 0.25) is 11.8 Å². The summed E-state index contributed by atoms with van der Waals surface area (Å²) in [7, 11) is 1.57. The summed E-state index contributed by atoms with van der Waals surface area (Å²) in [5.74, 6) is -0.618. The van der Waals surface area contributed by atoms with Crippen LogP contribution in [-0.4, -0.2) is 32.0 Å². The number of hydrogen-bond donors (Lipinski definition) is 1. The van der Waals surface area contributed by atoms with Crippen molar-refractivity contribution in [2.24, 2.45) is 5.92 Å². The molecule has 138 valence electrons. The third-order valence-corrected chi connectivity index (χ3v) is 4.91. The van der Waals surface area contributed by atoms with Crippen LogP contribution in [0.2, 0.25) is 0 Å². The van der Waals surface area contributed by atoms with Gasteiger partial charge in [-0.2, -0.15) is 0 Å². The first kappa shape index (κ1) is 17.1. The summed E-state index contributed by atoms with van der Waals surface area (Å²) < 4.78 is 11.5. The lowest BCUT2D eigenvalue weighted by Gasteiger charge is -2.19. The molecule has 1 aromatic heterocycles.